The van der Waals surface area contributed by atoms with E-state index in [2.05, 4.69) is 0 Å². The Morgan fingerprint density at radius 2 is 1.76 bits per heavy atom. The Balaban J connectivity index is 2.47. The van der Waals surface area contributed by atoms with Crippen molar-refractivity contribution >= 4 is 32.5 Å². The molecular formula is C18H24N2O4S. The van der Waals surface area contributed by atoms with Gasteiger partial charge in [0.2, 0.25) is 0 Å². The Morgan fingerprint density at radius 3 is 2.36 bits per heavy atom. The lowest BCUT2D eigenvalue weighted by Gasteiger charge is -2.18. The molecule has 0 amide bonds. The van der Waals surface area contributed by atoms with Crippen LogP contribution in [0, 0.1) is 5.92 Å². The van der Waals surface area contributed by atoms with E-state index >= 15 is 0 Å². The molecule has 0 fully saturated rings. The monoisotopic (exact) mass is 364 g/mol. The topological polar surface area (TPSA) is 89.7 Å². The van der Waals surface area contributed by atoms with Crippen LogP contribution in [-0.4, -0.2) is 34.5 Å². The normalized spacial score (nSPS) is 14.1. The standard InChI is InChI=1S/C18H24N2O4S/c1-5-12(2)17(19)18(21)24-25(22,23)16-11-7-8-13-14(16)9-6-10-15(13)20(3)4/h6-12,17H,5,19H2,1-4H3/t12-,17-/m0/s1. The first-order valence-corrected chi connectivity index (χ1v) is 9.52. The summed E-state index contributed by atoms with van der Waals surface area (Å²) in [5.74, 6) is -1.11. The Hall–Kier alpha value is -2.12. The number of anilines is 1. The first-order valence-electron chi connectivity index (χ1n) is 8.12. The van der Waals surface area contributed by atoms with Crippen LogP contribution in [-0.2, 0) is 19.1 Å². The number of nitrogens with two attached hydrogens (primary N) is 1. The summed E-state index contributed by atoms with van der Waals surface area (Å²) in [5.41, 5.74) is 6.66. The maximum atomic E-state index is 12.6. The molecule has 2 atom stereocenters. The minimum Gasteiger partial charge on any atom is -0.377 e. The van der Waals surface area contributed by atoms with Gasteiger partial charge in [-0.2, -0.15) is 8.42 Å². The van der Waals surface area contributed by atoms with Gasteiger partial charge in [0.05, 0.1) is 0 Å². The molecule has 136 valence electrons. The van der Waals surface area contributed by atoms with Crippen LogP contribution in [0.5, 0.6) is 0 Å². The molecule has 0 aliphatic carbocycles. The molecule has 2 rings (SSSR count). The number of carbonyl (C=O) groups excluding carboxylic acids is 1. The Labute approximate surface area is 148 Å². The fourth-order valence-corrected chi connectivity index (χ4v) is 3.68. The fraction of sp³-hybridized carbons (Fsp3) is 0.389. The van der Waals surface area contributed by atoms with E-state index in [1.807, 2.05) is 38.1 Å². The summed E-state index contributed by atoms with van der Waals surface area (Å²) in [6, 6.07) is 9.26. The molecule has 2 N–H and O–H groups in total. The lowest BCUT2D eigenvalue weighted by molar-refractivity contribution is -0.136. The van der Waals surface area contributed by atoms with E-state index in [4.69, 9.17) is 9.92 Å². The number of nitrogens with zero attached hydrogens (tertiary/aromatic N) is 1. The second kappa shape index (κ2) is 7.41. The van der Waals surface area contributed by atoms with Crippen molar-refractivity contribution < 1.29 is 17.4 Å². The van der Waals surface area contributed by atoms with Crippen LogP contribution in [0.25, 0.3) is 10.8 Å². The maximum absolute atomic E-state index is 12.6. The van der Waals surface area contributed by atoms with E-state index in [1.54, 1.807) is 25.1 Å². The zero-order chi connectivity index (χ0) is 18.8. The van der Waals surface area contributed by atoms with Crippen molar-refractivity contribution in [2.24, 2.45) is 11.7 Å². The van der Waals surface area contributed by atoms with Crippen LogP contribution in [0.1, 0.15) is 20.3 Å². The second-order valence-electron chi connectivity index (χ2n) is 6.29. The first kappa shape index (κ1) is 19.2. The second-order valence-corrected chi connectivity index (χ2v) is 7.81. The minimum atomic E-state index is -4.26. The number of hydrogen-bond donors (Lipinski definition) is 1. The third-order valence-electron chi connectivity index (χ3n) is 4.33. The van der Waals surface area contributed by atoms with Crippen molar-refractivity contribution in [2.45, 2.75) is 31.2 Å². The van der Waals surface area contributed by atoms with E-state index < -0.39 is 22.1 Å². The molecule has 0 aliphatic rings. The summed E-state index contributed by atoms with van der Waals surface area (Å²) in [7, 11) is -0.511. The van der Waals surface area contributed by atoms with Gasteiger partial charge < -0.3 is 14.8 Å². The van der Waals surface area contributed by atoms with Gasteiger partial charge >= 0.3 is 16.1 Å². The van der Waals surface area contributed by atoms with E-state index in [0.29, 0.717) is 11.8 Å². The highest BCUT2D eigenvalue weighted by molar-refractivity contribution is 7.87. The molecule has 2 aromatic carbocycles. The zero-order valence-electron chi connectivity index (χ0n) is 14.9. The molecule has 0 aromatic heterocycles. The van der Waals surface area contributed by atoms with E-state index in [0.717, 1.165) is 11.1 Å². The van der Waals surface area contributed by atoms with E-state index in [-0.39, 0.29) is 10.8 Å². The first-order chi connectivity index (χ1) is 11.7. The number of benzene rings is 2. The van der Waals surface area contributed by atoms with Crippen LogP contribution in [0.15, 0.2) is 41.3 Å². The van der Waals surface area contributed by atoms with Crippen molar-refractivity contribution in [3.63, 3.8) is 0 Å². The molecule has 6 nitrogen and oxygen atoms in total. The fourth-order valence-electron chi connectivity index (χ4n) is 2.57. The Kier molecular flexibility index (Phi) is 5.69. The van der Waals surface area contributed by atoms with E-state index in [1.165, 1.54) is 6.07 Å². The van der Waals surface area contributed by atoms with Gasteiger partial charge in [0, 0.05) is 30.6 Å². The quantitative estimate of drug-likeness (QED) is 0.792. The highest BCUT2D eigenvalue weighted by Gasteiger charge is 2.28. The smallest absolute Gasteiger partial charge is 0.342 e. The summed E-state index contributed by atoms with van der Waals surface area (Å²) in [4.78, 5) is 14.0. The maximum Gasteiger partial charge on any atom is 0.342 e. The van der Waals surface area contributed by atoms with Gasteiger partial charge in [-0.05, 0) is 18.1 Å². The van der Waals surface area contributed by atoms with Crippen LogP contribution >= 0.6 is 0 Å². The predicted octanol–water partition coefficient (Wildman–Crippen LogP) is 2.51. The largest absolute Gasteiger partial charge is 0.377 e. The zero-order valence-corrected chi connectivity index (χ0v) is 15.7. The van der Waals surface area contributed by atoms with Gasteiger partial charge in [0.1, 0.15) is 10.9 Å². The van der Waals surface area contributed by atoms with Crippen molar-refractivity contribution in [3.8, 4) is 0 Å². The Morgan fingerprint density at radius 1 is 1.16 bits per heavy atom. The number of carbonyl (C=O) groups is 1. The summed E-state index contributed by atoms with van der Waals surface area (Å²) in [6.07, 6.45) is 0.650. The van der Waals surface area contributed by atoms with Gasteiger partial charge in [0.25, 0.3) is 0 Å². The molecule has 0 heterocycles. The van der Waals surface area contributed by atoms with Crippen LogP contribution in [0.4, 0.5) is 5.69 Å². The molecule has 7 heteroatoms. The highest BCUT2D eigenvalue weighted by atomic mass is 32.2. The van der Waals surface area contributed by atoms with Crippen molar-refractivity contribution in [1.29, 1.82) is 0 Å². The molecule has 0 aliphatic heterocycles. The van der Waals surface area contributed by atoms with Crippen LogP contribution in [0.3, 0.4) is 0 Å². The lowest BCUT2D eigenvalue weighted by atomic mass is 10.0. The molecule has 0 saturated heterocycles. The lowest BCUT2D eigenvalue weighted by Crippen LogP contribution is -2.39. The molecule has 2 aromatic rings. The minimum absolute atomic E-state index is 0.0431. The summed E-state index contributed by atoms with van der Waals surface area (Å²) < 4.78 is 30.1. The van der Waals surface area contributed by atoms with Crippen molar-refractivity contribution in [1.82, 2.24) is 0 Å². The number of rotatable bonds is 6. The van der Waals surface area contributed by atoms with Crippen molar-refractivity contribution in [2.75, 3.05) is 19.0 Å². The van der Waals surface area contributed by atoms with Gasteiger partial charge in [-0.15, -0.1) is 0 Å². The predicted molar refractivity (Wildman–Crippen MR) is 99.0 cm³/mol. The molecular weight excluding hydrogens is 340 g/mol. The molecule has 0 spiro atoms. The summed E-state index contributed by atoms with van der Waals surface area (Å²) in [6.45, 7) is 3.65. The molecule has 0 radical (unpaired) electrons. The molecule has 0 bridgehead atoms. The third kappa shape index (κ3) is 3.93. The van der Waals surface area contributed by atoms with Crippen LogP contribution < -0.4 is 10.6 Å². The average Bonchev–Trinajstić information content (AvgIpc) is 2.58. The number of hydrogen-bond acceptors (Lipinski definition) is 6. The summed E-state index contributed by atoms with van der Waals surface area (Å²) >= 11 is 0. The molecule has 0 unspecified atom stereocenters. The average molecular weight is 364 g/mol. The van der Waals surface area contributed by atoms with Crippen molar-refractivity contribution in [3.05, 3.63) is 36.4 Å². The number of fused-ring (bicyclic) bond motifs is 1. The van der Waals surface area contributed by atoms with Gasteiger partial charge in [-0.25, -0.2) is 4.79 Å². The van der Waals surface area contributed by atoms with Gasteiger partial charge in [-0.3, -0.25) is 0 Å². The Bertz CT molecular complexity index is 878. The highest BCUT2D eigenvalue weighted by Crippen LogP contribution is 2.31. The van der Waals surface area contributed by atoms with Gasteiger partial charge in [-0.1, -0.05) is 44.5 Å². The van der Waals surface area contributed by atoms with E-state index in [9.17, 15) is 13.2 Å². The third-order valence-corrected chi connectivity index (χ3v) is 5.61. The molecule has 0 saturated carbocycles. The van der Waals surface area contributed by atoms with Crippen LogP contribution in [0.2, 0.25) is 0 Å². The SMILES string of the molecule is CC[C@H](C)[C@H](N)C(=O)OS(=O)(=O)c1cccc2c(N(C)C)cccc12. The molecule has 25 heavy (non-hydrogen) atoms. The van der Waals surface area contributed by atoms with Gasteiger partial charge in [0.15, 0.2) is 0 Å². The summed E-state index contributed by atoms with van der Waals surface area (Å²) in [5, 5.41) is 1.26.